The normalized spacial score (nSPS) is 15.8. The van der Waals surface area contributed by atoms with E-state index in [9.17, 15) is 13.2 Å². The number of nitrogens with zero attached hydrogens (tertiary/aromatic N) is 3. The predicted octanol–water partition coefficient (Wildman–Crippen LogP) is 3.57. The Kier molecular flexibility index (Phi) is 6.04. The molecule has 8 heteroatoms. The number of benzene rings is 2. The Balaban J connectivity index is 1.49. The first-order valence-corrected chi connectivity index (χ1v) is 11.8. The molecular formula is C22H22ClN3O3S. The van der Waals surface area contributed by atoms with Crippen molar-refractivity contribution < 1.29 is 13.2 Å². The average Bonchev–Trinajstić information content (AvgIpc) is 3.01. The molecule has 0 aliphatic carbocycles. The van der Waals surface area contributed by atoms with Crippen LogP contribution in [-0.2, 0) is 15.8 Å². The Morgan fingerprint density at radius 3 is 2.60 bits per heavy atom. The van der Waals surface area contributed by atoms with Gasteiger partial charge in [-0.3, -0.25) is 9.78 Å². The molecule has 1 amide bonds. The standard InChI is InChI=1S/C22H22ClN3O3S/c23-20-10-2-1-9-19(20)22(27)25-12-5-13-26(15-14-25)30(28,29)16-18-7-3-6-17-8-4-11-24-21(17)18/h1-4,6-11H,5,12-16H2. The zero-order valence-electron chi connectivity index (χ0n) is 16.4. The van der Waals surface area contributed by atoms with Crippen molar-refractivity contribution in [3.63, 3.8) is 0 Å². The Labute approximate surface area is 181 Å². The highest BCUT2D eigenvalue weighted by molar-refractivity contribution is 7.88. The van der Waals surface area contributed by atoms with E-state index < -0.39 is 10.0 Å². The van der Waals surface area contributed by atoms with Crippen molar-refractivity contribution in [2.24, 2.45) is 0 Å². The second-order valence-electron chi connectivity index (χ2n) is 7.27. The van der Waals surface area contributed by atoms with Gasteiger partial charge in [0, 0.05) is 37.8 Å². The van der Waals surface area contributed by atoms with Crippen LogP contribution in [0, 0.1) is 0 Å². The van der Waals surface area contributed by atoms with E-state index in [0.717, 1.165) is 5.39 Å². The first-order valence-electron chi connectivity index (χ1n) is 9.80. The fraction of sp³-hybridized carbons (Fsp3) is 0.273. The summed E-state index contributed by atoms with van der Waals surface area (Å²) in [6.07, 6.45) is 2.24. The van der Waals surface area contributed by atoms with Gasteiger partial charge in [-0.25, -0.2) is 8.42 Å². The summed E-state index contributed by atoms with van der Waals surface area (Å²) in [5, 5.41) is 1.32. The van der Waals surface area contributed by atoms with Gasteiger partial charge in [0.25, 0.3) is 5.91 Å². The Morgan fingerprint density at radius 1 is 0.967 bits per heavy atom. The van der Waals surface area contributed by atoms with Gasteiger partial charge < -0.3 is 4.90 Å². The largest absolute Gasteiger partial charge is 0.337 e. The van der Waals surface area contributed by atoms with Crippen molar-refractivity contribution in [3.05, 3.63) is 76.9 Å². The van der Waals surface area contributed by atoms with Gasteiger partial charge in [-0.2, -0.15) is 4.31 Å². The SMILES string of the molecule is O=C(c1ccccc1Cl)N1CCCN(S(=O)(=O)Cc2cccc3cccnc23)CC1. The maximum Gasteiger partial charge on any atom is 0.255 e. The number of carbonyl (C=O) groups is 1. The van der Waals surface area contributed by atoms with Crippen molar-refractivity contribution in [3.8, 4) is 0 Å². The molecule has 156 valence electrons. The van der Waals surface area contributed by atoms with Crippen molar-refractivity contribution in [2.45, 2.75) is 12.2 Å². The number of hydrogen-bond donors (Lipinski definition) is 0. The van der Waals surface area contributed by atoms with Crippen molar-refractivity contribution >= 4 is 38.4 Å². The molecule has 3 aromatic rings. The summed E-state index contributed by atoms with van der Waals surface area (Å²) >= 11 is 6.16. The second kappa shape index (κ2) is 8.71. The lowest BCUT2D eigenvalue weighted by atomic mass is 10.1. The third kappa shape index (κ3) is 4.33. The van der Waals surface area contributed by atoms with E-state index >= 15 is 0 Å². The predicted molar refractivity (Wildman–Crippen MR) is 118 cm³/mol. The topological polar surface area (TPSA) is 70.6 Å². The van der Waals surface area contributed by atoms with E-state index in [-0.39, 0.29) is 18.2 Å². The molecule has 1 saturated heterocycles. The molecule has 4 rings (SSSR count). The lowest BCUT2D eigenvalue weighted by Crippen LogP contribution is -2.38. The van der Waals surface area contributed by atoms with Crippen LogP contribution in [-0.4, -0.2) is 54.7 Å². The van der Waals surface area contributed by atoms with E-state index in [4.69, 9.17) is 11.6 Å². The fourth-order valence-corrected chi connectivity index (χ4v) is 5.54. The van der Waals surface area contributed by atoms with Crippen LogP contribution in [0.25, 0.3) is 10.9 Å². The summed E-state index contributed by atoms with van der Waals surface area (Å²) in [6, 6.07) is 16.2. The second-order valence-corrected chi connectivity index (χ2v) is 9.65. The van der Waals surface area contributed by atoms with Crippen LogP contribution in [0.5, 0.6) is 0 Å². The highest BCUT2D eigenvalue weighted by Crippen LogP contribution is 2.22. The first-order chi connectivity index (χ1) is 14.5. The maximum atomic E-state index is 13.1. The van der Waals surface area contributed by atoms with Crippen molar-refractivity contribution in [2.75, 3.05) is 26.2 Å². The van der Waals surface area contributed by atoms with E-state index in [2.05, 4.69) is 4.98 Å². The number of para-hydroxylation sites is 1. The summed E-state index contributed by atoms with van der Waals surface area (Å²) in [5.74, 6) is -0.280. The number of halogens is 1. The van der Waals surface area contributed by atoms with E-state index in [0.29, 0.717) is 47.7 Å². The van der Waals surface area contributed by atoms with Gasteiger partial charge in [-0.1, -0.05) is 48.0 Å². The van der Waals surface area contributed by atoms with Crippen LogP contribution in [0.15, 0.2) is 60.8 Å². The van der Waals surface area contributed by atoms with Crippen molar-refractivity contribution in [1.82, 2.24) is 14.2 Å². The fourth-order valence-electron chi connectivity index (χ4n) is 3.75. The third-order valence-electron chi connectivity index (χ3n) is 5.29. The number of carbonyl (C=O) groups excluding carboxylic acids is 1. The highest BCUT2D eigenvalue weighted by atomic mass is 35.5. The van der Waals surface area contributed by atoms with Gasteiger partial charge in [0.15, 0.2) is 0 Å². The summed E-state index contributed by atoms with van der Waals surface area (Å²) in [6.45, 7) is 1.46. The molecule has 1 aromatic heterocycles. The minimum atomic E-state index is -3.54. The van der Waals surface area contributed by atoms with Crippen LogP contribution in [0.4, 0.5) is 0 Å². The van der Waals surface area contributed by atoms with Crippen LogP contribution in [0.2, 0.25) is 5.02 Å². The number of pyridine rings is 1. The summed E-state index contributed by atoms with van der Waals surface area (Å²) in [5.41, 5.74) is 1.83. The number of amides is 1. The number of sulfonamides is 1. The molecule has 0 radical (unpaired) electrons. The van der Waals surface area contributed by atoms with Gasteiger partial charge in [-0.05, 0) is 30.2 Å². The molecule has 2 aromatic carbocycles. The molecule has 1 fully saturated rings. The van der Waals surface area contributed by atoms with Crippen LogP contribution < -0.4 is 0 Å². The van der Waals surface area contributed by atoms with Gasteiger partial charge in [0.05, 0.1) is 21.9 Å². The molecule has 1 aliphatic rings. The Hall–Kier alpha value is -2.48. The summed E-state index contributed by atoms with van der Waals surface area (Å²) in [7, 11) is -3.54. The smallest absolute Gasteiger partial charge is 0.255 e. The molecule has 0 atom stereocenters. The minimum Gasteiger partial charge on any atom is -0.337 e. The number of aromatic nitrogens is 1. The number of fused-ring (bicyclic) bond motifs is 1. The Bertz CT molecular complexity index is 1180. The quantitative estimate of drug-likeness (QED) is 0.618. The maximum absolute atomic E-state index is 13.1. The summed E-state index contributed by atoms with van der Waals surface area (Å²) in [4.78, 5) is 18.9. The molecule has 0 saturated carbocycles. The minimum absolute atomic E-state index is 0.111. The molecule has 30 heavy (non-hydrogen) atoms. The average molecular weight is 444 g/mol. The molecule has 2 heterocycles. The van der Waals surface area contributed by atoms with Gasteiger partial charge in [-0.15, -0.1) is 0 Å². The molecule has 6 nitrogen and oxygen atoms in total. The zero-order valence-corrected chi connectivity index (χ0v) is 17.9. The highest BCUT2D eigenvalue weighted by Gasteiger charge is 2.28. The van der Waals surface area contributed by atoms with E-state index in [1.165, 1.54) is 4.31 Å². The molecule has 0 N–H and O–H groups in total. The molecule has 0 spiro atoms. The monoisotopic (exact) mass is 443 g/mol. The zero-order chi connectivity index (χ0) is 21.1. The molecule has 0 unspecified atom stereocenters. The number of rotatable bonds is 4. The Morgan fingerprint density at radius 2 is 1.77 bits per heavy atom. The number of hydrogen-bond acceptors (Lipinski definition) is 4. The lowest BCUT2D eigenvalue weighted by Gasteiger charge is -2.22. The molecular weight excluding hydrogens is 422 g/mol. The first kappa shape index (κ1) is 20.8. The molecule has 0 bridgehead atoms. The van der Waals surface area contributed by atoms with E-state index in [1.54, 1.807) is 41.4 Å². The molecule has 1 aliphatic heterocycles. The van der Waals surface area contributed by atoms with Crippen LogP contribution in [0.3, 0.4) is 0 Å². The van der Waals surface area contributed by atoms with E-state index in [1.807, 2.05) is 24.3 Å². The van der Waals surface area contributed by atoms with Crippen LogP contribution >= 0.6 is 11.6 Å². The van der Waals surface area contributed by atoms with Gasteiger partial charge in [0.1, 0.15) is 0 Å². The van der Waals surface area contributed by atoms with Gasteiger partial charge >= 0.3 is 0 Å². The lowest BCUT2D eigenvalue weighted by molar-refractivity contribution is 0.0764. The summed E-state index contributed by atoms with van der Waals surface area (Å²) < 4.78 is 27.7. The van der Waals surface area contributed by atoms with Gasteiger partial charge in [0.2, 0.25) is 10.0 Å². The van der Waals surface area contributed by atoms with Crippen LogP contribution in [0.1, 0.15) is 22.3 Å². The van der Waals surface area contributed by atoms with Crippen molar-refractivity contribution in [1.29, 1.82) is 0 Å². The third-order valence-corrected chi connectivity index (χ3v) is 7.45.